The molecule has 0 spiro atoms. The molecule has 2 N–H and O–H groups in total. The summed E-state index contributed by atoms with van der Waals surface area (Å²) in [5, 5.41) is 11.7. The van der Waals surface area contributed by atoms with E-state index in [4.69, 9.17) is 9.84 Å². The van der Waals surface area contributed by atoms with Crippen LogP contribution in [0.4, 0.5) is 4.79 Å². The van der Waals surface area contributed by atoms with E-state index in [1.165, 1.54) is 22.3 Å². The number of aliphatic carboxylic acids is 1. The average molecular weight is 451 g/mol. The van der Waals surface area contributed by atoms with Crippen molar-refractivity contribution in [2.75, 3.05) is 20.2 Å². The minimum Gasteiger partial charge on any atom is -0.481 e. The monoisotopic (exact) mass is 450 g/mol. The molecule has 0 heterocycles. The van der Waals surface area contributed by atoms with Crippen molar-refractivity contribution in [1.29, 1.82) is 0 Å². The fourth-order valence-electron chi connectivity index (χ4n) is 5.03. The molecule has 4 rings (SSSR count). The molecule has 1 fully saturated rings. The predicted molar refractivity (Wildman–Crippen MR) is 124 cm³/mol. The van der Waals surface area contributed by atoms with Gasteiger partial charge in [-0.25, -0.2) is 4.79 Å². The number of carboxylic acid groups (broad SMARTS) is 1. The lowest BCUT2D eigenvalue weighted by Crippen LogP contribution is -2.36. The second-order valence-electron chi connectivity index (χ2n) is 8.93. The van der Waals surface area contributed by atoms with E-state index in [-0.39, 0.29) is 36.8 Å². The van der Waals surface area contributed by atoms with Crippen molar-refractivity contribution in [1.82, 2.24) is 10.2 Å². The lowest BCUT2D eigenvalue weighted by molar-refractivity contribution is -0.138. The molecule has 2 unspecified atom stereocenters. The molecule has 0 saturated heterocycles. The first-order chi connectivity index (χ1) is 15.9. The maximum Gasteiger partial charge on any atom is 0.407 e. The summed E-state index contributed by atoms with van der Waals surface area (Å²) in [7, 11) is 1.70. The van der Waals surface area contributed by atoms with Gasteiger partial charge >= 0.3 is 12.1 Å². The number of nitrogens with one attached hydrogen (secondary N) is 1. The average Bonchev–Trinajstić information content (AvgIpc) is 3.39. The number of ether oxygens (including phenoxy) is 1. The van der Waals surface area contributed by atoms with Crippen LogP contribution >= 0.6 is 0 Å². The van der Waals surface area contributed by atoms with Crippen molar-refractivity contribution in [2.24, 2.45) is 5.92 Å². The first kappa shape index (κ1) is 22.8. The summed E-state index contributed by atoms with van der Waals surface area (Å²) in [6.45, 7) is 0.688. The Morgan fingerprint density at radius 2 is 1.67 bits per heavy atom. The van der Waals surface area contributed by atoms with E-state index in [1.54, 1.807) is 11.9 Å². The number of carbonyl (C=O) groups is 3. The summed E-state index contributed by atoms with van der Waals surface area (Å²) >= 11 is 0. The van der Waals surface area contributed by atoms with Gasteiger partial charge in [-0.1, -0.05) is 48.5 Å². The standard InChI is InChI=1S/C26H30N2O5/c1-28(14-6-11-24(29)30)25(31)17-12-13-18(15-17)27-26(32)33-16-23-21-9-4-2-7-19(21)20-8-3-5-10-22(20)23/h2-5,7-10,17-18,23H,6,11-16H2,1H3,(H,27,32)(H,29,30). The topological polar surface area (TPSA) is 95.9 Å². The van der Waals surface area contributed by atoms with E-state index in [1.807, 2.05) is 24.3 Å². The largest absolute Gasteiger partial charge is 0.481 e. The van der Waals surface area contributed by atoms with E-state index in [0.717, 1.165) is 6.42 Å². The van der Waals surface area contributed by atoms with Gasteiger partial charge < -0.3 is 20.1 Å². The first-order valence-corrected chi connectivity index (χ1v) is 11.5. The summed E-state index contributed by atoms with van der Waals surface area (Å²) in [6, 6.07) is 16.3. The maximum absolute atomic E-state index is 12.6. The first-order valence-electron chi connectivity index (χ1n) is 11.5. The molecule has 2 aliphatic rings. The van der Waals surface area contributed by atoms with Crippen molar-refractivity contribution < 1.29 is 24.2 Å². The number of hydrogen-bond acceptors (Lipinski definition) is 4. The molecule has 2 atom stereocenters. The molecule has 2 aromatic carbocycles. The molecule has 174 valence electrons. The Labute approximate surface area is 193 Å². The molecule has 7 heteroatoms. The molecule has 0 bridgehead atoms. The SMILES string of the molecule is CN(CCCC(=O)O)C(=O)C1CCC(NC(=O)OCC2c3ccccc3-c3ccccc32)C1. The lowest BCUT2D eigenvalue weighted by atomic mass is 9.98. The zero-order valence-corrected chi connectivity index (χ0v) is 18.8. The van der Waals surface area contributed by atoms with E-state index in [0.29, 0.717) is 25.8 Å². The van der Waals surface area contributed by atoms with E-state index in [9.17, 15) is 14.4 Å². The highest BCUT2D eigenvalue weighted by molar-refractivity contribution is 5.80. The van der Waals surface area contributed by atoms with Gasteiger partial charge in [0.05, 0.1) is 0 Å². The van der Waals surface area contributed by atoms with Gasteiger partial charge in [-0.2, -0.15) is 0 Å². The quantitative estimate of drug-likeness (QED) is 0.633. The third-order valence-corrected chi connectivity index (χ3v) is 6.71. The fraction of sp³-hybridized carbons (Fsp3) is 0.423. The van der Waals surface area contributed by atoms with Gasteiger partial charge in [0.25, 0.3) is 0 Å². The molecule has 33 heavy (non-hydrogen) atoms. The van der Waals surface area contributed by atoms with Crippen LogP contribution in [-0.4, -0.2) is 54.2 Å². The number of benzene rings is 2. The number of hydrogen-bond donors (Lipinski definition) is 2. The van der Waals surface area contributed by atoms with Crippen LogP contribution in [0.25, 0.3) is 11.1 Å². The molecule has 0 radical (unpaired) electrons. The normalized spacial score (nSPS) is 18.9. The van der Waals surface area contributed by atoms with Crippen molar-refractivity contribution >= 4 is 18.0 Å². The molecule has 1 saturated carbocycles. The van der Waals surface area contributed by atoms with Gasteiger partial charge in [0.2, 0.25) is 5.91 Å². The molecular weight excluding hydrogens is 420 g/mol. The Bertz CT molecular complexity index is 991. The van der Waals surface area contributed by atoms with E-state index >= 15 is 0 Å². The Morgan fingerprint density at radius 1 is 1.03 bits per heavy atom. The van der Waals surface area contributed by atoms with Gasteiger partial charge in [-0.05, 0) is 47.9 Å². The Morgan fingerprint density at radius 3 is 2.30 bits per heavy atom. The molecule has 2 aromatic rings. The number of amides is 2. The molecular formula is C26H30N2O5. The third-order valence-electron chi connectivity index (χ3n) is 6.71. The maximum atomic E-state index is 12.6. The second kappa shape index (κ2) is 10.1. The van der Waals surface area contributed by atoms with Gasteiger partial charge in [-0.3, -0.25) is 9.59 Å². The highest BCUT2D eigenvalue weighted by atomic mass is 16.5. The summed E-state index contributed by atoms with van der Waals surface area (Å²) < 4.78 is 5.62. The van der Waals surface area contributed by atoms with Gasteiger partial charge in [0.15, 0.2) is 0 Å². The Hall–Kier alpha value is -3.35. The number of rotatable bonds is 8. The number of carbonyl (C=O) groups excluding carboxylic acids is 2. The Kier molecular flexibility index (Phi) is 6.96. The van der Waals surface area contributed by atoms with Crippen molar-refractivity contribution in [2.45, 2.75) is 44.1 Å². The molecule has 2 amide bonds. The van der Waals surface area contributed by atoms with Gasteiger partial charge in [-0.15, -0.1) is 0 Å². The second-order valence-corrected chi connectivity index (χ2v) is 8.93. The van der Waals surface area contributed by atoms with Gasteiger partial charge in [0, 0.05) is 37.9 Å². The van der Waals surface area contributed by atoms with Gasteiger partial charge in [0.1, 0.15) is 6.61 Å². The minimum atomic E-state index is -0.857. The minimum absolute atomic E-state index is 0.0113. The van der Waals surface area contributed by atoms with Crippen LogP contribution in [-0.2, 0) is 14.3 Å². The molecule has 2 aliphatic carbocycles. The third kappa shape index (κ3) is 5.18. The fourth-order valence-corrected chi connectivity index (χ4v) is 5.03. The van der Waals surface area contributed by atoms with Crippen LogP contribution in [0.3, 0.4) is 0 Å². The van der Waals surface area contributed by atoms with Crippen LogP contribution in [0.15, 0.2) is 48.5 Å². The smallest absolute Gasteiger partial charge is 0.407 e. The number of alkyl carbamates (subject to hydrolysis) is 1. The van der Waals surface area contributed by atoms with E-state index < -0.39 is 12.1 Å². The summed E-state index contributed by atoms with van der Waals surface area (Å²) in [6.07, 6.45) is 2.04. The molecule has 0 aromatic heterocycles. The number of carboxylic acids is 1. The molecule has 7 nitrogen and oxygen atoms in total. The van der Waals surface area contributed by atoms with Crippen molar-refractivity contribution in [3.63, 3.8) is 0 Å². The van der Waals surface area contributed by atoms with Crippen molar-refractivity contribution in [3.8, 4) is 11.1 Å². The summed E-state index contributed by atoms with van der Waals surface area (Å²) in [5.74, 6) is -0.986. The van der Waals surface area contributed by atoms with Crippen LogP contribution in [0.5, 0.6) is 0 Å². The number of fused-ring (bicyclic) bond motifs is 3. The van der Waals surface area contributed by atoms with Crippen LogP contribution in [0.1, 0.15) is 49.1 Å². The van der Waals surface area contributed by atoms with E-state index in [2.05, 4.69) is 29.6 Å². The lowest BCUT2D eigenvalue weighted by Gasteiger charge is -2.21. The van der Waals surface area contributed by atoms with Crippen LogP contribution in [0, 0.1) is 5.92 Å². The van der Waals surface area contributed by atoms with Crippen LogP contribution in [0.2, 0.25) is 0 Å². The highest BCUT2D eigenvalue weighted by Gasteiger charge is 2.33. The summed E-state index contributed by atoms with van der Waals surface area (Å²) in [5.41, 5.74) is 4.71. The van der Waals surface area contributed by atoms with Crippen LogP contribution < -0.4 is 5.32 Å². The molecule has 0 aliphatic heterocycles. The predicted octanol–water partition coefficient (Wildman–Crippen LogP) is 4.02. The number of nitrogens with zero attached hydrogens (tertiary/aromatic N) is 1. The zero-order valence-electron chi connectivity index (χ0n) is 18.8. The van der Waals surface area contributed by atoms with Crippen molar-refractivity contribution in [3.05, 3.63) is 59.7 Å². The summed E-state index contributed by atoms with van der Waals surface area (Å²) in [4.78, 5) is 37.4. The Balaban J connectivity index is 1.27. The highest BCUT2D eigenvalue weighted by Crippen LogP contribution is 2.44. The zero-order chi connectivity index (χ0) is 23.4.